The number of aliphatic hydroxyl groups is 1. The van der Waals surface area contributed by atoms with Gasteiger partial charge in [-0.3, -0.25) is 0 Å². The van der Waals surface area contributed by atoms with Gasteiger partial charge in [-0.1, -0.05) is 17.7 Å². The Labute approximate surface area is 111 Å². The molecule has 5 heteroatoms. The summed E-state index contributed by atoms with van der Waals surface area (Å²) in [7, 11) is 0. The molecule has 0 radical (unpaired) electrons. The monoisotopic (exact) mass is 272 g/mol. The molecule has 0 amide bonds. The predicted octanol–water partition coefficient (Wildman–Crippen LogP) is 2.08. The van der Waals surface area contributed by atoms with Crippen molar-refractivity contribution in [3.05, 3.63) is 29.0 Å². The molecular weight excluding hydrogens is 256 g/mol. The fourth-order valence-corrected chi connectivity index (χ4v) is 3.24. The first kappa shape index (κ1) is 13.1. The van der Waals surface area contributed by atoms with Gasteiger partial charge in [0.1, 0.15) is 5.15 Å². The second-order valence-electron chi connectivity index (χ2n) is 4.43. The van der Waals surface area contributed by atoms with Gasteiger partial charge < -0.3 is 10.4 Å². The summed E-state index contributed by atoms with van der Waals surface area (Å²) >= 11 is 7.63. The molecule has 1 saturated heterocycles. The van der Waals surface area contributed by atoms with Gasteiger partial charge in [-0.25, -0.2) is 4.98 Å². The Hall–Kier alpha value is -0.290. The van der Waals surface area contributed by atoms with Crippen molar-refractivity contribution in [1.29, 1.82) is 0 Å². The van der Waals surface area contributed by atoms with Crippen LogP contribution in [0.3, 0.4) is 0 Å². The van der Waals surface area contributed by atoms with Crippen LogP contribution in [-0.4, -0.2) is 33.7 Å². The lowest BCUT2D eigenvalue weighted by Gasteiger charge is -2.32. The molecule has 94 valence electrons. The number of halogens is 1. The molecule has 0 aliphatic carbocycles. The van der Waals surface area contributed by atoms with E-state index in [4.69, 9.17) is 11.6 Å². The minimum Gasteiger partial charge on any atom is -0.389 e. The molecule has 1 aromatic rings. The number of rotatable bonds is 4. The normalized spacial score (nSPS) is 19.2. The Balaban J connectivity index is 1.77. The van der Waals surface area contributed by atoms with Crippen molar-refractivity contribution in [3.8, 4) is 0 Å². The standard InChI is InChI=1S/C12H17ClN2OS/c13-11-2-1-10(8-15-11)7-14-9-12(16)3-5-17-6-4-12/h1-2,8,14,16H,3-7,9H2. The van der Waals surface area contributed by atoms with E-state index >= 15 is 0 Å². The summed E-state index contributed by atoms with van der Waals surface area (Å²) in [5.74, 6) is 2.11. The molecule has 0 atom stereocenters. The van der Waals surface area contributed by atoms with Gasteiger partial charge in [-0.15, -0.1) is 0 Å². The van der Waals surface area contributed by atoms with Gasteiger partial charge in [0.2, 0.25) is 0 Å². The lowest BCUT2D eigenvalue weighted by atomic mass is 9.97. The van der Waals surface area contributed by atoms with Crippen LogP contribution in [0, 0.1) is 0 Å². The zero-order valence-corrected chi connectivity index (χ0v) is 11.2. The fourth-order valence-electron chi connectivity index (χ4n) is 1.88. The number of nitrogens with zero attached hydrogens (tertiary/aromatic N) is 1. The van der Waals surface area contributed by atoms with E-state index < -0.39 is 5.60 Å². The van der Waals surface area contributed by atoms with Crippen LogP contribution in [0.25, 0.3) is 0 Å². The summed E-state index contributed by atoms with van der Waals surface area (Å²) in [6.45, 7) is 1.37. The van der Waals surface area contributed by atoms with Crippen LogP contribution in [0.15, 0.2) is 18.3 Å². The summed E-state index contributed by atoms with van der Waals surface area (Å²) in [5, 5.41) is 14.1. The molecule has 1 fully saturated rings. The summed E-state index contributed by atoms with van der Waals surface area (Å²) in [6.07, 6.45) is 3.52. The first-order chi connectivity index (χ1) is 8.18. The van der Waals surface area contributed by atoms with E-state index in [1.54, 1.807) is 12.3 Å². The molecule has 0 aromatic carbocycles. The summed E-state index contributed by atoms with van der Waals surface area (Å²) in [5.41, 5.74) is 0.564. The lowest BCUT2D eigenvalue weighted by molar-refractivity contribution is 0.0320. The molecular formula is C12H17ClN2OS. The molecule has 1 aromatic heterocycles. The maximum Gasteiger partial charge on any atom is 0.129 e. The molecule has 2 rings (SSSR count). The molecule has 1 aliphatic rings. The Bertz CT molecular complexity index is 352. The molecule has 1 aliphatic heterocycles. The fraction of sp³-hybridized carbons (Fsp3) is 0.583. The number of aromatic nitrogens is 1. The first-order valence-corrected chi connectivity index (χ1v) is 7.33. The topological polar surface area (TPSA) is 45.1 Å². The van der Waals surface area contributed by atoms with Crippen LogP contribution in [0.5, 0.6) is 0 Å². The molecule has 0 bridgehead atoms. The van der Waals surface area contributed by atoms with Crippen LogP contribution < -0.4 is 5.32 Å². The lowest BCUT2D eigenvalue weighted by Crippen LogP contribution is -2.43. The zero-order chi connectivity index (χ0) is 12.1. The molecule has 0 unspecified atom stereocenters. The third-order valence-corrected chi connectivity index (χ3v) is 4.20. The van der Waals surface area contributed by atoms with Crippen LogP contribution in [0.2, 0.25) is 5.15 Å². The highest BCUT2D eigenvalue weighted by Gasteiger charge is 2.28. The van der Waals surface area contributed by atoms with Crippen LogP contribution in [0.4, 0.5) is 0 Å². The van der Waals surface area contributed by atoms with Crippen LogP contribution >= 0.6 is 23.4 Å². The highest BCUT2D eigenvalue weighted by atomic mass is 35.5. The third kappa shape index (κ3) is 4.14. The summed E-state index contributed by atoms with van der Waals surface area (Å²) in [4.78, 5) is 4.02. The smallest absolute Gasteiger partial charge is 0.129 e. The SMILES string of the molecule is OC1(CNCc2ccc(Cl)nc2)CCSCC1. The molecule has 17 heavy (non-hydrogen) atoms. The van der Waals surface area contributed by atoms with Gasteiger partial charge in [0.25, 0.3) is 0 Å². The summed E-state index contributed by atoms with van der Waals surface area (Å²) in [6, 6.07) is 3.73. The first-order valence-electron chi connectivity index (χ1n) is 5.79. The van der Waals surface area contributed by atoms with Gasteiger partial charge in [-0.05, 0) is 36.0 Å². The number of hydrogen-bond acceptors (Lipinski definition) is 4. The van der Waals surface area contributed by atoms with Gasteiger partial charge in [0, 0.05) is 19.3 Å². The van der Waals surface area contributed by atoms with Crippen molar-refractivity contribution in [2.75, 3.05) is 18.1 Å². The minimum atomic E-state index is -0.523. The minimum absolute atomic E-state index is 0.511. The second-order valence-corrected chi connectivity index (χ2v) is 6.04. The number of hydrogen-bond donors (Lipinski definition) is 2. The van der Waals surface area contributed by atoms with Crippen LogP contribution in [0.1, 0.15) is 18.4 Å². The average molecular weight is 273 g/mol. The number of pyridine rings is 1. The van der Waals surface area contributed by atoms with Gasteiger partial charge in [0.05, 0.1) is 5.60 Å². The Kier molecular flexibility index (Phi) is 4.68. The van der Waals surface area contributed by atoms with E-state index in [0.717, 1.165) is 36.5 Å². The van der Waals surface area contributed by atoms with Crippen molar-refractivity contribution in [2.24, 2.45) is 0 Å². The van der Waals surface area contributed by atoms with Crippen molar-refractivity contribution < 1.29 is 5.11 Å². The average Bonchev–Trinajstić information content (AvgIpc) is 2.32. The molecule has 2 heterocycles. The van der Waals surface area contributed by atoms with E-state index in [0.29, 0.717) is 11.7 Å². The van der Waals surface area contributed by atoms with Crippen molar-refractivity contribution in [2.45, 2.75) is 25.0 Å². The van der Waals surface area contributed by atoms with E-state index in [2.05, 4.69) is 10.3 Å². The molecule has 0 spiro atoms. The van der Waals surface area contributed by atoms with Crippen molar-refractivity contribution >= 4 is 23.4 Å². The van der Waals surface area contributed by atoms with E-state index in [9.17, 15) is 5.11 Å². The highest BCUT2D eigenvalue weighted by Crippen LogP contribution is 2.26. The number of nitrogens with one attached hydrogen (secondary N) is 1. The maximum absolute atomic E-state index is 10.3. The Morgan fingerprint density at radius 1 is 1.41 bits per heavy atom. The predicted molar refractivity (Wildman–Crippen MR) is 72.5 cm³/mol. The van der Waals surface area contributed by atoms with E-state index in [-0.39, 0.29) is 0 Å². The Morgan fingerprint density at radius 3 is 2.82 bits per heavy atom. The zero-order valence-electron chi connectivity index (χ0n) is 9.66. The third-order valence-electron chi connectivity index (χ3n) is 3.00. The molecule has 0 saturated carbocycles. The van der Waals surface area contributed by atoms with Crippen molar-refractivity contribution in [3.63, 3.8) is 0 Å². The van der Waals surface area contributed by atoms with Gasteiger partial charge in [0.15, 0.2) is 0 Å². The quantitative estimate of drug-likeness (QED) is 0.824. The molecule has 3 nitrogen and oxygen atoms in total. The van der Waals surface area contributed by atoms with E-state index in [1.807, 2.05) is 17.8 Å². The van der Waals surface area contributed by atoms with Crippen molar-refractivity contribution in [1.82, 2.24) is 10.3 Å². The largest absolute Gasteiger partial charge is 0.389 e. The second kappa shape index (κ2) is 6.05. The number of thioether (sulfide) groups is 1. The maximum atomic E-state index is 10.3. The van der Waals surface area contributed by atoms with Gasteiger partial charge >= 0.3 is 0 Å². The summed E-state index contributed by atoms with van der Waals surface area (Å²) < 4.78 is 0. The molecule has 2 N–H and O–H groups in total. The Morgan fingerprint density at radius 2 is 2.18 bits per heavy atom. The van der Waals surface area contributed by atoms with Gasteiger partial charge in [-0.2, -0.15) is 11.8 Å². The van der Waals surface area contributed by atoms with E-state index in [1.165, 1.54) is 0 Å². The van der Waals surface area contributed by atoms with Crippen LogP contribution in [-0.2, 0) is 6.54 Å². The highest BCUT2D eigenvalue weighted by molar-refractivity contribution is 7.99.